The number of carbonyl (C=O) groups is 2. The quantitative estimate of drug-likeness (QED) is 0.845. The first kappa shape index (κ1) is 16.8. The van der Waals surface area contributed by atoms with Crippen LogP contribution in [0.5, 0.6) is 5.75 Å². The van der Waals surface area contributed by atoms with Crippen molar-refractivity contribution >= 4 is 29.2 Å². The Morgan fingerprint density at radius 1 is 1.39 bits per heavy atom. The first-order chi connectivity index (χ1) is 10.9. The van der Waals surface area contributed by atoms with Crippen LogP contribution in [-0.4, -0.2) is 33.4 Å². The first-order valence-corrected chi connectivity index (χ1v) is 7.25. The van der Waals surface area contributed by atoms with Crippen LogP contribution >= 0.6 is 11.6 Å². The van der Waals surface area contributed by atoms with Crippen LogP contribution in [0.1, 0.15) is 30.4 Å². The zero-order chi connectivity index (χ0) is 17.0. The molecule has 0 saturated heterocycles. The summed E-state index contributed by atoms with van der Waals surface area (Å²) in [6.45, 7) is 3.44. The largest absolute Gasteiger partial charge is 0.480 e. The molecule has 0 atom stereocenters. The summed E-state index contributed by atoms with van der Waals surface area (Å²) in [5, 5.41) is 15.6. The third-order valence-corrected chi connectivity index (χ3v) is 3.21. The summed E-state index contributed by atoms with van der Waals surface area (Å²) in [7, 11) is 0. The van der Waals surface area contributed by atoms with E-state index in [0.717, 1.165) is 0 Å². The van der Waals surface area contributed by atoms with Gasteiger partial charge in [0.15, 0.2) is 12.3 Å². The van der Waals surface area contributed by atoms with Crippen molar-refractivity contribution in [1.29, 1.82) is 0 Å². The van der Waals surface area contributed by atoms with E-state index < -0.39 is 12.6 Å². The number of anilines is 1. The second-order valence-corrected chi connectivity index (χ2v) is 5.46. The number of nitrogens with one attached hydrogen (secondary N) is 1. The van der Waals surface area contributed by atoms with Crippen molar-refractivity contribution in [1.82, 2.24) is 9.78 Å². The molecule has 0 saturated carbocycles. The summed E-state index contributed by atoms with van der Waals surface area (Å²) >= 11 is 6.00. The third kappa shape index (κ3) is 4.46. The van der Waals surface area contributed by atoms with Crippen LogP contribution in [0.3, 0.4) is 0 Å². The molecule has 2 N–H and O–H groups in total. The van der Waals surface area contributed by atoms with Gasteiger partial charge in [0.25, 0.3) is 5.91 Å². The SMILES string of the molecule is CC(C)n1ccc(C(=O)Nc2ccc(OCC(=O)O)c(Cl)c2)n1. The van der Waals surface area contributed by atoms with E-state index in [4.69, 9.17) is 21.4 Å². The lowest BCUT2D eigenvalue weighted by Crippen LogP contribution is -2.14. The fourth-order valence-corrected chi connectivity index (χ4v) is 2.01. The van der Waals surface area contributed by atoms with Crippen molar-refractivity contribution in [2.24, 2.45) is 0 Å². The molecule has 1 aromatic heterocycles. The number of benzene rings is 1. The number of hydrogen-bond donors (Lipinski definition) is 2. The van der Waals surface area contributed by atoms with Gasteiger partial charge in [0.2, 0.25) is 0 Å². The van der Waals surface area contributed by atoms with Gasteiger partial charge in [-0.2, -0.15) is 5.10 Å². The Bertz CT molecular complexity index is 727. The van der Waals surface area contributed by atoms with Crippen LogP contribution in [0.4, 0.5) is 5.69 Å². The van der Waals surface area contributed by atoms with Gasteiger partial charge in [-0.25, -0.2) is 4.79 Å². The van der Waals surface area contributed by atoms with Gasteiger partial charge in [-0.05, 0) is 38.1 Å². The summed E-state index contributed by atoms with van der Waals surface area (Å²) in [5.74, 6) is -1.23. The van der Waals surface area contributed by atoms with Gasteiger partial charge in [-0.3, -0.25) is 9.48 Å². The Hall–Kier alpha value is -2.54. The molecule has 0 spiro atoms. The lowest BCUT2D eigenvalue weighted by atomic mass is 10.3. The number of carboxylic acids is 1. The highest BCUT2D eigenvalue weighted by atomic mass is 35.5. The Balaban J connectivity index is 2.05. The van der Waals surface area contributed by atoms with Crippen molar-refractivity contribution in [3.8, 4) is 5.75 Å². The lowest BCUT2D eigenvalue weighted by molar-refractivity contribution is -0.139. The van der Waals surface area contributed by atoms with Crippen molar-refractivity contribution in [3.05, 3.63) is 41.2 Å². The average Bonchev–Trinajstić information content (AvgIpc) is 2.96. The number of amides is 1. The zero-order valence-corrected chi connectivity index (χ0v) is 13.4. The predicted octanol–water partition coefficient (Wildman–Crippen LogP) is 2.83. The predicted molar refractivity (Wildman–Crippen MR) is 85.1 cm³/mol. The zero-order valence-electron chi connectivity index (χ0n) is 12.6. The van der Waals surface area contributed by atoms with Crippen molar-refractivity contribution in [3.63, 3.8) is 0 Å². The van der Waals surface area contributed by atoms with Gasteiger partial charge in [-0.1, -0.05) is 11.6 Å². The molecule has 0 bridgehead atoms. The fraction of sp³-hybridized carbons (Fsp3) is 0.267. The summed E-state index contributed by atoms with van der Waals surface area (Å²) < 4.78 is 6.70. The smallest absolute Gasteiger partial charge is 0.341 e. The van der Waals surface area contributed by atoms with Crippen LogP contribution < -0.4 is 10.1 Å². The van der Waals surface area contributed by atoms with Crippen LogP contribution in [0.25, 0.3) is 0 Å². The molecule has 0 aliphatic carbocycles. The number of nitrogens with zero attached hydrogens (tertiary/aromatic N) is 2. The Labute approximate surface area is 137 Å². The first-order valence-electron chi connectivity index (χ1n) is 6.87. The Kier molecular flexibility index (Phi) is 5.23. The molecule has 2 rings (SSSR count). The molecular formula is C15H16ClN3O4. The number of aliphatic carboxylic acids is 1. The van der Waals surface area contributed by atoms with E-state index in [-0.39, 0.29) is 22.7 Å². The van der Waals surface area contributed by atoms with Crippen LogP contribution in [0.2, 0.25) is 5.02 Å². The highest BCUT2D eigenvalue weighted by Gasteiger charge is 2.12. The van der Waals surface area contributed by atoms with E-state index in [2.05, 4.69) is 10.4 Å². The average molecular weight is 338 g/mol. The molecule has 122 valence electrons. The lowest BCUT2D eigenvalue weighted by Gasteiger charge is -2.08. The molecule has 23 heavy (non-hydrogen) atoms. The minimum Gasteiger partial charge on any atom is -0.480 e. The molecule has 1 heterocycles. The number of hydrogen-bond acceptors (Lipinski definition) is 4. The number of ether oxygens (including phenoxy) is 1. The normalized spacial score (nSPS) is 10.6. The third-order valence-electron chi connectivity index (χ3n) is 2.91. The summed E-state index contributed by atoms with van der Waals surface area (Å²) in [6, 6.07) is 6.34. The Morgan fingerprint density at radius 3 is 2.70 bits per heavy atom. The second-order valence-electron chi connectivity index (χ2n) is 5.06. The van der Waals surface area contributed by atoms with Gasteiger partial charge in [0, 0.05) is 17.9 Å². The van der Waals surface area contributed by atoms with E-state index in [1.54, 1.807) is 23.0 Å². The molecule has 0 aliphatic heterocycles. The van der Waals surface area contributed by atoms with Crippen molar-refractivity contribution in [2.75, 3.05) is 11.9 Å². The minimum absolute atomic E-state index is 0.164. The number of rotatable bonds is 6. The topological polar surface area (TPSA) is 93.5 Å². The number of halogens is 1. The fourth-order valence-electron chi connectivity index (χ4n) is 1.78. The van der Waals surface area contributed by atoms with E-state index in [9.17, 15) is 9.59 Å². The van der Waals surface area contributed by atoms with Gasteiger partial charge in [0.05, 0.1) is 5.02 Å². The van der Waals surface area contributed by atoms with E-state index in [1.165, 1.54) is 12.1 Å². The van der Waals surface area contributed by atoms with Gasteiger partial charge in [-0.15, -0.1) is 0 Å². The maximum atomic E-state index is 12.1. The van der Waals surface area contributed by atoms with Gasteiger partial charge < -0.3 is 15.2 Å². The van der Waals surface area contributed by atoms with Crippen LogP contribution in [0, 0.1) is 0 Å². The summed E-state index contributed by atoms with van der Waals surface area (Å²) in [6.07, 6.45) is 1.73. The molecule has 1 aromatic carbocycles. The highest BCUT2D eigenvalue weighted by Crippen LogP contribution is 2.27. The van der Waals surface area contributed by atoms with Crippen LogP contribution in [0.15, 0.2) is 30.5 Å². The number of carboxylic acid groups (broad SMARTS) is 1. The molecule has 0 aliphatic rings. The number of aromatic nitrogens is 2. The molecule has 8 heteroatoms. The maximum absolute atomic E-state index is 12.1. The second kappa shape index (κ2) is 7.15. The Morgan fingerprint density at radius 2 is 2.13 bits per heavy atom. The van der Waals surface area contributed by atoms with Gasteiger partial charge in [0.1, 0.15) is 5.75 Å². The summed E-state index contributed by atoms with van der Waals surface area (Å²) in [5.41, 5.74) is 0.753. The molecular weight excluding hydrogens is 322 g/mol. The van der Waals surface area contributed by atoms with E-state index >= 15 is 0 Å². The highest BCUT2D eigenvalue weighted by molar-refractivity contribution is 6.32. The number of carbonyl (C=O) groups excluding carboxylic acids is 1. The van der Waals surface area contributed by atoms with Crippen molar-refractivity contribution in [2.45, 2.75) is 19.9 Å². The molecule has 2 aromatic rings. The van der Waals surface area contributed by atoms with Crippen molar-refractivity contribution < 1.29 is 19.4 Å². The van der Waals surface area contributed by atoms with E-state index in [0.29, 0.717) is 11.4 Å². The standard InChI is InChI=1S/C15H16ClN3O4/c1-9(2)19-6-5-12(18-19)15(22)17-10-3-4-13(11(16)7-10)23-8-14(20)21/h3-7,9H,8H2,1-2H3,(H,17,22)(H,20,21). The molecule has 1 amide bonds. The summed E-state index contributed by atoms with van der Waals surface area (Å²) in [4.78, 5) is 22.6. The maximum Gasteiger partial charge on any atom is 0.341 e. The molecule has 7 nitrogen and oxygen atoms in total. The molecule has 0 radical (unpaired) electrons. The monoisotopic (exact) mass is 337 g/mol. The van der Waals surface area contributed by atoms with Crippen LogP contribution in [-0.2, 0) is 4.79 Å². The minimum atomic E-state index is -1.10. The molecule has 0 unspecified atom stereocenters. The van der Waals surface area contributed by atoms with E-state index in [1.807, 2.05) is 13.8 Å². The van der Waals surface area contributed by atoms with Gasteiger partial charge >= 0.3 is 5.97 Å². The molecule has 0 fully saturated rings.